The van der Waals surface area contributed by atoms with E-state index in [2.05, 4.69) is 4.83 Å². The molecule has 8 heteroatoms. The monoisotopic (exact) mass is 284 g/mol. The lowest BCUT2D eigenvalue weighted by Crippen LogP contribution is -2.23. The number of halogens is 1. The molecule has 0 aliphatic rings. The molecule has 1 heterocycles. The van der Waals surface area contributed by atoms with E-state index in [1.807, 2.05) is 0 Å². The summed E-state index contributed by atoms with van der Waals surface area (Å²) in [7, 11) is -4.11. The van der Waals surface area contributed by atoms with Crippen LogP contribution in [0.1, 0.15) is 10.4 Å². The summed E-state index contributed by atoms with van der Waals surface area (Å²) in [6.07, 6.45) is 2.86. The molecule has 2 aromatic rings. The molecule has 0 aliphatic heterocycles. The first-order valence-corrected chi connectivity index (χ1v) is 6.57. The first kappa shape index (κ1) is 13.1. The quantitative estimate of drug-likeness (QED) is 0.884. The predicted octanol–water partition coefficient (Wildman–Crippen LogP) is 1.26. The highest BCUT2D eigenvalue weighted by atomic mass is 32.2. The molecule has 0 amide bonds. The normalized spacial score (nSPS) is 11.2. The van der Waals surface area contributed by atoms with Gasteiger partial charge >= 0.3 is 5.97 Å². The Morgan fingerprint density at radius 3 is 2.42 bits per heavy atom. The molecule has 19 heavy (non-hydrogen) atoms. The lowest BCUT2D eigenvalue weighted by molar-refractivity contribution is 0.0696. The third kappa shape index (κ3) is 2.74. The zero-order chi connectivity index (χ0) is 14.0. The highest BCUT2D eigenvalue weighted by Crippen LogP contribution is 2.16. The molecule has 0 saturated carbocycles. The Kier molecular flexibility index (Phi) is 3.26. The van der Waals surface area contributed by atoms with E-state index in [-0.39, 0.29) is 5.56 Å². The van der Waals surface area contributed by atoms with Crippen molar-refractivity contribution in [2.75, 3.05) is 4.83 Å². The van der Waals surface area contributed by atoms with Gasteiger partial charge in [-0.1, -0.05) is 0 Å². The van der Waals surface area contributed by atoms with Crippen LogP contribution in [0.2, 0.25) is 0 Å². The van der Waals surface area contributed by atoms with Crippen LogP contribution in [0.25, 0.3) is 0 Å². The first-order valence-electron chi connectivity index (χ1n) is 5.09. The van der Waals surface area contributed by atoms with Crippen LogP contribution in [0.3, 0.4) is 0 Å². The molecule has 0 bridgehead atoms. The van der Waals surface area contributed by atoms with Gasteiger partial charge in [-0.2, -0.15) is 8.42 Å². The van der Waals surface area contributed by atoms with Crippen molar-refractivity contribution >= 4 is 16.0 Å². The van der Waals surface area contributed by atoms with Crippen molar-refractivity contribution in [2.45, 2.75) is 4.90 Å². The summed E-state index contributed by atoms with van der Waals surface area (Å²) in [6.45, 7) is 0. The number of aromatic nitrogens is 1. The number of hydrogen-bond acceptors (Lipinski definition) is 3. The molecule has 0 fully saturated rings. The average Bonchev–Trinajstić information content (AvgIpc) is 2.80. The van der Waals surface area contributed by atoms with E-state index in [1.54, 1.807) is 12.1 Å². The second kappa shape index (κ2) is 4.73. The van der Waals surface area contributed by atoms with Gasteiger partial charge in [-0.25, -0.2) is 14.0 Å². The molecule has 2 rings (SSSR count). The summed E-state index contributed by atoms with van der Waals surface area (Å²) >= 11 is 0. The van der Waals surface area contributed by atoms with Crippen LogP contribution in [0.15, 0.2) is 47.6 Å². The number of nitrogens with zero attached hydrogens (tertiary/aromatic N) is 1. The van der Waals surface area contributed by atoms with Crippen molar-refractivity contribution in [2.24, 2.45) is 0 Å². The summed E-state index contributed by atoms with van der Waals surface area (Å²) in [5, 5.41) is 8.67. The molecule has 0 saturated heterocycles. The van der Waals surface area contributed by atoms with Crippen LogP contribution in [0.4, 0.5) is 4.39 Å². The molecule has 2 N–H and O–H groups in total. The molecule has 6 nitrogen and oxygen atoms in total. The molecule has 1 aromatic heterocycles. The number of rotatable bonds is 4. The third-order valence-corrected chi connectivity index (χ3v) is 3.66. The van der Waals surface area contributed by atoms with Gasteiger partial charge < -0.3 is 5.11 Å². The molecule has 0 unspecified atom stereocenters. The van der Waals surface area contributed by atoms with Gasteiger partial charge in [-0.15, -0.1) is 0 Å². The number of benzene rings is 1. The Balaban J connectivity index is 2.38. The molecule has 0 radical (unpaired) electrons. The van der Waals surface area contributed by atoms with Gasteiger partial charge in [0.15, 0.2) is 0 Å². The van der Waals surface area contributed by atoms with Crippen LogP contribution >= 0.6 is 0 Å². The van der Waals surface area contributed by atoms with E-state index in [1.165, 1.54) is 12.4 Å². The summed E-state index contributed by atoms with van der Waals surface area (Å²) in [5.41, 5.74) is -0.322. The Hall–Kier alpha value is -2.35. The smallest absolute Gasteiger partial charge is 0.335 e. The molecule has 0 atom stereocenters. The van der Waals surface area contributed by atoms with Crippen molar-refractivity contribution in [3.8, 4) is 0 Å². The van der Waals surface area contributed by atoms with Crippen LogP contribution in [0, 0.1) is 5.82 Å². The standard InChI is InChI=1S/C11H9FN2O4S/c12-9-7-8(11(15)16)3-4-10(9)19(17,18)13-14-5-1-2-6-14/h1-7,13H,(H,15,16). The van der Waals surface area contributed by atoms with E-state index < -0.39 is 26.7 Å². The van der Waals surface area contributed by atoms with Gasteiger partial charge in [0.05, 0.1) is 5.56 Å². The van der Waals surface area contributed by atoms with Crippen molar-refractivity contribution in [1.29, 1.82) is 0 Å². The minimum absolute atomic E-state index is 0.322. The van der Waals surface area contributed by atoms with E-state index in [0.717, 1.165) is 16.8 Å². The van der Waals surface area contributed by atoms with Gasteiger partial charge in [0.2, 0.25) is 0 Å². The maximum Gasteiger partial charge on any atom is 0.335 e. The van der Waals surface area contributed by atoms with Gasteiger partial charge in [0.1, 0.15) is 10.7 Å². The Labute approximate surface area is 108 Å². The fraction of sp³-hybridized carbons (Fsp3) is 0. The SMILES string of the molecule is O=C(O)c1ccc(S(=O)(=O)Nn2cccc2)c(F)c1. The minimum atomic E-state index is -4.11. The van der Waals surface area contributed by atoms with Gasteiger partial charge in [-0.05, 0) is 30.3 Å². The first-order chi connectivity index (χ1) is 8.90. The van der Waals surface area contributed by atoms with Crippen LogP contribution < -0.4 is 4.83 Å². The highest BCUT2D eigenvalue weighted by Gasteiger charge is 2.20. The molecular weight excluding hydrogens is 275 g/mol. The van der Waals surface area contributed by atoms with Crippen LogP contribution in [-0.4, -0.2) is 24.2 Å². The second-order valence-electron chi connectivity index (χ2n) is 3.64. The van der Waals surface area contributed by atoms with E-state index >= 15 is 0 Å². The fourth-order valence-corrected chi connectivity index (χ4v) is 2.50. The highest BCUT2D eigenvalue weighted by molar-refractivity contribution is 7.92. The van der Waals surface area contributed by atoms with Gasteiger partial charge in [0, 0.05) is 12.4 Å². The number of carbonyl (C=O) groups is 1. The largest absolute Gasteiger partial charge is 0.478 e. The summed E-state index contributed by atoms with van der Waals surface area (Å²) in [4.78, 5) is 12.1. The number of aromatic carboxylic acids is 1. The minimum Gasteiger partial charge on any atom is -0.478 e. The Morgan fingerprint density at radius 2 is 1.89 bits per heavy atom. The zero-order valence-corrected chi connectivity index (χ0v) is 10.3. The molecule has 0 aliphatic carbocycles. The van der Waals surface area contributed by atoms with Crippen LogP contribution in [0.5, 0.6) is 0 Å². The number of hydrogen-bond donors (Lipinski definition) is 2. The Bertz CT molecular complexity index is 710. The maximum atomic E-state index is 13.6. The van der Waals surface area contributed by atoms with E-state index in [0.29, 0.717) is 6.07 Å². The predicted molar refractivity (Wildman–Crippen MR) is 64.3 cm³/mol. The maximum absolute atomic E-state index is 13.6. The molecule has 1 aromatic carbocycles. The van der Waals surface area contributed by atoms with Crippen molar-refractivity contribution < 1.29 is 22.7 Å². The number of sulfonamides is 1. The number of carboxylic acid groups (broad SMARTS) is 1. The topological polar surface area (TPSA) is 88.4 Å². The molecule has 0 spiro atoms. The number of carboxylic acids is 1. The van der Waals surface area contributed by atoms with E-state index in [4.69, 9.17) is 5.11 Å². The second-order valence-corrected chi connectivity index (χ2v) is 5.26. The van der Waals surface area contributed by atoms with Crippen molar-refractivity contribution in [1.82, 2.24) is 4.68 Å². The zero-order valence-electron chi connectivity index (χ0n) is 9.45. The summed E-state index contributed by atoms with van der Waals surface area (Å²) in [5.74, 6) is -2.46. The average molecular weight is 284 g/mol. The lowest BCUT2D eigenvalue weighted by Gasteiger charge is -2.09. The van der Waals surface area contributed by atoms with Crippen molar-refractivity contribution in [3.63, 3.8) is 0 Å². The van der Waals surface area contributed by atoms with E-state index in [9.17, 15) is 17.6 Å². The summed E-state index contributed by atoms with van der Waals surface area (Å²) in [6, 6.07) is 5.77. The third-order valence-electron chi connectivity index (χ3n) is 2.30. The van der Waals surface area contributed by atoms with Crippen molar-refractivity contribution in [3.05, 3.63) is 54.1 Å². The fourth-order valence-electron chi connectivity index (χ4n) is 1.44. The summed E-state index contributed by atoms with van der Waals surface area (Å²) < 4.78 is 38.5. The Morgan fingerprint density at radius 1 is 1.26 bits per heavy atom. The number of nitrogens with one attached hydrogen (secondary N) is 1. The molecule has 100 valence electrons. The van der Waals surface area contributed by atoms with Crippen LogP contribution in [-0.2, 0) is 10.0 Å². The van der Waals surface area contributed by atoms with Gasteiger partial charge in [0.25, 0.3) is 10.0 Å². The molecular formula is C11H9FN2O4S. The van der Waals surface area contributed by atoms with Gasteiger partial charge in [-0.3, -0.25) is 4.68 Å². The lowest BCUT2D eigenvalue weighted by atomic mass is 10.2.